The molecule has 6 nitrogen and oxygen atoms in total. The van der Waals surface area contributed by atoms with Crippen LogP contribution in [0.15, 0.2) is 176 Å². The molecule has 0 spiro atoms. The van der Waals surface area contributed by atoms with Crippen LogP contribution in [0.4, 0.5) is 11.4 Å². The lowest BCUT2D eigenvalue weighted by Crippen LogP contribution is -2.24. The van der Waals surface area contributed by atoms with Crippen LogP contribution in [0, 0.1) is 5.92 Å². The molecule has 60 heavy (non-hydrogen) atoms. The van der Waals surface area contributed by atoms with E-state index in [1.807, 2.05) is 18.2 Å². The molecule has 6 aromatic carbocycles. The summed E-state index contributed by atoms with van der Waals surface area (Å²) in [5, 5.41) is 7.73. The van der Waals surface area contributed by atoms with E-state index in [0.29, 0.717) is 0 Å². The number of anilines is 2. The maximum absolute atomic E-state index is 12.0. The molecule has 0 saturated heterocycles. The van der Waals surface area contributed by atoms with E-state index in [4.69, 9.17) is 9.47 Å². The van der Waals surface area contributed by atoms with Crippen LogP contribution in [-0.4, -0.2) is 16.3 Å². The topological polar surface area (TPSA) is 60.2 Å². The number of hydrogen-bond acceptors (Lipinski definition) is 5. The molecule has 2 heterocycles. The molecule has 8 aromatic rings. The Morgan fingerprint density at radius 2 is 1.45 bits per heavy atom. The number of hydrogen-bond donors (Lipinski definition) is 0. The molecule has 9 rings (SSSR count). The molecule has 2 aromatic heterocycles. The molecule has 0 radical (unpaired) electrons. The van der Waals surface area contributed by atoms with Crippen LogP contribution in [0.5, 0.6) is 0 Å². The number of esters is 2. The molecule has 0 fully saturated rings. The van der Waals surface area contributed by atoms with Gasteiger partial charge in [0, 0.05) is 57.1 Å². The van der Waals surface area contributed by atoms with E-state index < -0.39 is 5.97 Å². The number of fused-ring (bicyclic) bond motifs is 4. The number of benzene rings is 6. The number of allylic oxidation sites excluding steroid dienone is 5. The fraction of sp³-hybridized carbons (Fsp3) is 0.111. The van der Waals surface area contributed by atoms with Gasteiger partial charge in [0.1, 0.15) is 13.2 Å². The molecule has 1 unspecified atom stereocenters. The molecule has 0 aliphatic heterocycles. The number of nitrogens with zero attached hydrogens (tertiary/aromatic N) is 2. The van der Waals surface area contributed by atoms with Gasteiger partial charge < -0.3 is 18.8 Å². The van der Waals surface area contributed by atoms with Crippen molar-refractivity contribution in [1.29, 1.82) is 0 Å². The average Bonchev–Trinajstić information content (AvgIpc) is 3.76. The SMILES string of the molecule is C=CC(=O)OCc1cc(COC(C)=O)cc(-c2cc3c(=C)/c(=C\C=C(/C)C4C=CC(N(c5ccccc5)c5cccc6ccccc56)=CC4)n4c5ccccc5c(c2)c34)c1. The van der Waals surface area contributed by atoms with Gasteiger partial charge in [-0.3, -0.25) is 4.79 Å². The number of ether oxygens (including phenoxy) is 2. The molecule has 294 valence electrons. The van der Waals surface area contributed by atoms with Gasteiger partial charge in [0.2, 0.25) is 0 Å². The maximum Gasteiger partial charge on any atom is 0.330 e. The van der Waals surface area contributed by atoms with E-state index >= 15 is 0 Å². The molecule has 0 saturated carbocycles. The van der Waals surface area contributed by atoms with Crippen molar-refractivity contribution in [2.45, 2.75) is 33.5 Å². The summed E-state index contributed by atoms with van der Waals surface area (Å²) in [4.78, 5) is 26.1. The fourth-order valence-corrected chi connectivity index (χ4v) is 8.54. The van der Waals surface area contributed by atoms with Crippen LogP contribution in [-0.2, 0) is 32.3 Å². The van der Waals surface area contributed by atoms with Crippen LogP contribution in [0.25, 0.3) is 61.7 Å². The first-order chi connectivity index (χ1) is 29.3. The smallest absolute Gasteiger partial charge is 0.330 e. The van der Waals surface area contributed by atoms with Crippen molar-refractivity contribution in [3.05, 3.63) is 197 Å². The van der Waals surface area contributed by atoms with Crippen molar-refractivity contribution >= 4 is 73.9 Å². The van der Waals surface area contributed by atoms with Gasteiger partial charge in [0.25, 0.3) is 0 Å². The molecule has 0 N–H and O–H groups in total. The predicted molar refractivity (Wildman–Crippen MR) is 245 cm³/mol. The Bertz CT molecular complexity index is 3180. The number of para-hydroxylation sites is 2. The van der Waals surface area contributed by atoms with Gasteiger partial charge in [0.15, 0.2) is 0 Å². The summed E-state index contributed by atoms with van der Waals surface area (Å²) in [6.07, 6.45) is 13.4. The van der Waals surface area contributed by atoms with Gasteiger partial charge >= 0.3 is 11.9 Å². The fourth-order valence-electron chi connectivity index (χ4n) is 8.54. The summed E-state index contributed by atoms with van der Waals surface area (Å²) in [5.74, 6) is -0.633. The normalized spacial score (nSPS) is 14.6. The maximum atomic E-state index is 12.0. The second-order valence-electron chi connectivity index (χ2n) is 15.3. The van der Waals surface area contributed by atoms with E-state index in [2.05, 4.69) is 169 Å². The van der Waals surface area contributed by atoms with E-state index in [0.717, 1.165) is 89.6 Å². The number of carbonyl (C=O) groups excluding carboxylic acids is 2. The zero-order chi connectivity index (χ0) is 41.3. The zero-order valence-corrected chi connectivity index (χ0v) is 33.7. The minimum Gasteiger partial charge on any atom is -0.461 e. The largest absolute Gasteiger partial charge is 0.461 e. The Kier molecular flexibility index (Phi) is 10.2. The van der Waals surface area contributed by atoms with Gasteiger partial charge in [-0.15, -0.1) is 0 Å². The molecule has 0 amide bonds. The Labute approximate surface area is 348 Å². The van der Waals surface area contributed by atoms with Crippen molar-refractivity contribution in [2.75, 3.05) is 4.90 Å². The minimum atomic E-state index is -0.503. The van der Waals surface area contributed by atoms with E-state index in [9.17, 15) is 9.59 Å². The number of aromatic nitrogens is 1. The first-order valence-electron chi connectivity index (χ1n) is 20.2. The summed E-state index contributed by atoms with van der Waals surface area (Å²) < 4.78 is 13.1. The molecular formula is C54H44N2O4. The van der Waals surface area contributed by atoms with E-state index in [-0.39, 0.29) is 25.1 Å². The predicted octanol–water partition coefficient (Wildman–Crippen LogP) is 11.2. The van der Waals surface area contributed by atoms with Gasteiger partial charge in [-0.1, -0.05) is 110 Å². The summed E-state index contributed by atoms with van der Waals surface area (Å²) in [5.41, 5.74) is 10.4. The highest BCUT2D eigenvalue weighted by atomic mass is 16.5. The molecule has 6 heteroatoms. The summed E-state index contributed by atoms with van der Waals surface area (Å²) in [6.45, 7) is 11.9. The summed E-state index contributed by atoms with van der Waals surface area (Å²) >= 11 is 0. The summed E-state index contributed by atoms with van der Waals surface area (Å²) in [7, 11) is 0. The number of rotatable bonds is 11. The van der Waals surface area contributed by atoms with Crippen LogP contribution in [0.3, 0.4) is 0 Å². The van der Waals surface area contributed by atoms with Crippen LogP contribution < -0.4 is 15.5 Å². The van der Waals surface area contributed by atoms with Crippen molar-refractivity contribution in [2.24, 2.45) is 5.92 Å². The lowest BCUT2D eigenvalue weighted by atomic mass is 9.91. The number of carbonyl (C=O) groups is 2. The monoisotopic (exact) mass is 784 g/mol. The van der Waals surface area contributed by atoms with Crippen LogP contribution in [0.2, 0.25) is 0 Å². The highest BCUT2D eigenvalue weighted by Gasteiger charge is 2.21. The third-order valence-electron chi connectivity index (χ3n) is 11.5. The minimum absolute atomic E-state index is 0.0637. The Morgan fingerprint density at radius 1 is 0.767 bits per heavy atom. The lowest BCUT2D eigenvalue weighted by Gasteiger charge is -2.30. The molecule has 0 bridgehead atoms. The Morgan fingerprint density at radius 3 is 2.20 bits per heavy atom. The van der Waals surface area contributed by atoms with Gasteiger partial charge in [0.05, 0.1) is 22.1 Å². The van der Waals surface area contributed by atoms with Gasteiger partial charge in [-0.25, -0.2) is 4.79 Å². The van der Waals surface area contributed by atoms with E-state index in [1.165, 1.54) is 23.3 Å². The zero-order valence-electron chi connectivity index (χ0n) is 33.7. The van der Waals surface area contributed by atoms with Crippen LogP contribution >= 0.6 is 0 Å². The molecule has 1 aliphatic carbocycles. The molecule has 1 atom stereocenters. The highest BCUT2D eigenvalue weighted by molar-refractivity contribution is 6.16. The third kappa shape index (κ3) is 7.18. The Balaban J connectivity index is 1.09. The van der Waals surface area contributed by atoms with Crippen molar-refractivity contribution in [3.8, 4) is 11.1 Å². The molecular weight excluding hydrogens is 741 g/mol. The van der Waals surface area contributed by atoms with Gasteiger partial charge in [-0.2, -0.15) is 0 Å². The van der Waals surface area contributed by atoms with Gasteiger partial charge in [-0.05, 0) is 108 Å². The Hall–Kier alpha value is -7.44. The average molecular weight is 785 g/mol. The third-order valence-corrected chi connectivity index (χ3v) is 11.5. The lowest BCUT2D eigenvalue weighted by molar-refractivity contribution is -0.142. The molecule has 1 aliphatic rings. The first-order valence-corrected chi connectivity index (χ1v) is 20.2. The second-order valence-corrected chi connectivity index (χ2v) is 15.3. The van der Waals surface area contributed by atoms with Crippen molar-refractivity contribution < 1.29 is 19.1 Å². The standard InChI is InChI=1S/C54H44N2O4/c1-5-53(58)60-34-39-28-38(33-59-37(4)57)29-42(30-39)43-31-48-36(3)50(56-52-20-12-11-19-47(52)49(32-43)54(48)56)27-22-35(2)40-23-25-45(26-24-40)55(44-16-7-6-8-17-44)51-21-13-15-41-14-9-10-18-46(41)51/h5-23,25-32,40H,1,3,24,33-34H2,2,4H3/b35-22+,50-27+. The van der Waals surface area contributed by atoms with Crippen molar-refractivity contribution in [1.82, 2.24) is 4.40 Å². The van der Waals surface area contributed by atoms with Crippen LogP contribution in [0.1, 0.15) is 31.4 Å². The quantitative estimate of drug-likeness (QED) is 0.0966. The first kappa shape index (κ1) is 38.1. The van der Waals surface area contributed by atoms with Crippen molar-refractivity contribution in [3.63, 3.8) is 0 Å². The van der Waals surface area contributed by atoms with E-state index in [1.54, 1.807) is 0 Å². The summed E-state index contributed by atoms with van der Waals surface area (Å²) in [6, 6.07) is 44.5. The highest BCUT2D eigenvalue weighted by Crippen LogP contribution is 2.39. The second kappa shape index (κ2) is 16.1.